The van der Waals surface area contributed by atoms with Crippen molar-refractivity contribution >= 4 is 11.6 Å². The maximum atomic E-state index is 11.4. The average Bonchev–Trinajstić information content (AvgIpc) is 2.57. The molecule has 2 saturated heterocycles. The first-order valence-electron chi connectivity index (χ1n) is 8.20. The second kappa shape index (κ2) is 7.01. The van der Waals surface area contributed by atoms with E-state index < -0.39 is 0 Å². The van der Waals surface area contributed by atoms with Gasteiger partial charge in [-0.3, -0.25) is 4.79 Å². The summed E-state index contributed by atoms with van der Waals surface area (Å²) in [4.78, 5) is 15.6. The molecule has 1 atom stereocenters. The summed E-state index contributed by atoms with van der Waals surface area (Å²) >= 11 is 0. The fraction of sp³-hybridized carbons (Fsp3) is 0.588. The summed E-state index contributed by atoms with van der Waals surface area (Å²) in [7, 11) is 0. The molecule has 0 radical (unpaired) electrons. The molecule has 3 rings (SSSR count). The van der Waals surface area contributed by atoms with Crippen molar-refractivity contribution in [3.05, 3.63) is 24.3 Å². The van der Waals surface area contributed by atoms with Crippen molar-refractivity contribution < 1.29 is 9.53 Å². The number of nitrogens with one attached hydrogen (secondary N) is 1. The summed E-state index contributed by atoms with van der Waals surface area (Å²) in [6.45, 7) is 7.09. The molecule has 1 aromatic rings. The number of hydrogen-bond acceptors (Lipinski definition) is 4. The number of benzene rings is 1. The smallest absolute Gasteiger partial charge is 0.219 e. The van der Waals surface area contributed by atoms with Crippen molar-refractivity contribution in [2.45, 2.75) is 25.9 Å². The molecule has 0 aromatic heterocycles. The van der Waals surface area contributed by atoms with Crippen molar-refractivity contribution in [3.8, 4) is 5.75 Å². The molecule has 5 nitrogen and oxygen atoms in total. The summed E-state index contributed by atoms with van der Waals surface area (Å²) < 4.78 is 6.01. The number of ether oxygens (including phenoxy) is 1. The number of carbonyl (C=O) groups is 1. The van der Waals surface area contributed by atoms with Crippen LogP contribution in [-0.4, -0.2) is 56.2 Å². The lowest BCUT2D eigenvalue weighted by molar-refractivity contribution is -0.129. The molecule has 2 aliphatic rings. The van der Waals surface area contributed by atoms with Crippen LogP contribution in [0.2, 0.25) is 0 Å². The lowest BCUT2D eigenvalue weighted by Gasteiger charge is -2.35. The summed E-state index contributed by atoms with van der Waals surface area (Å²) in [6, 6.07) is 8.35. The number of amides is 1. The molecule has 5 heteroatoms. The first-order chi connectivity index (χ1) is 10.7. The third-order valence-corrected chi connectivity index (χ3v) is 4.48. The van der Waals surface area contributed by atoms with Gasteiger partial charge in [0.1, 0.15) is 11.9 Å². The predicted molar refractivity (Wildman–Crippen MR) is 87.4 cm³/mol. The molecule has 2 fully saturated rings. The normalized spacial score (nSPS) is 22.5. The highest BCUT2D eigenvalue weighted by atomic mass is 16.5. The van der Waals surface area contributed by atoms with E-state index in [4.69, 9.17) is 4.74 Å². The minimum Gasteiger partial charge on any atom is -0.489 e. The SMILES string of the molecule is CC(=O)N1CCN(c2ccc(O[C@@H]3CCCNC3)cc2)CC1. The van der Waals surface area contributed by atoms with Crippen LogP contribution in [0.4, 0.5) is 5.69 Å². The Hall–Kier alpha value is -1.75. The lowest BCUT2D eigenvalue weighted by atomic mass is 10.1. The number of piperazine rings is 1. The zero-order chi connectivity index (χ0) is 15.4. The van der Waals surface area contributed by atoms with Crippen LogP contribution in [0.1, 0.15) is 19.8 Å². The Kier molecular flexibility index (Phi) is 4.83. The molecule has 0 spiro atoms. The van der Waals surface area contributed by atoms with Crippen molar-refractivity contribution in [2.75, 3.05) is 44.2 Å². The predicted octanol–water partition coefficient (Wildman–Crippen LogP) is 1.49. The van der Waals surface area contributed by atoms with E-state index >= 15 is 0 Å². The van der Waals surface area contributed by atoms with E-state index in [0.717, 1.165) is 51.4 Å². The lowest BCUT2D eigenvalue weighted by Crippen LogP contribution is -2.48. The number of piperidine rings is 1. The van der Waals surface area contributed by atoms with Gasteiger partial charge in [0.05, 0.1) is 0 Å². The zero-order valence-corrected chi connectivity index (χ0v) is 13.3. The van der Waals surface area contributed by atoms with Gasteiger partial charge >= 0.3 is 0 Å². The van der Waals surface area contributed by atoms with Crippen LogP contribution >= 0.6 is 0 Å². The van der Waals surface area contributed by atoms with Crippen LogP contribution in [0.25, 0.3) is 0 Å². The highest BCUT2D eigenvalue weighted by Gasteiger charge is 2.19. The Morgan fingerprint density at radius 2 is 1.91 bits per heavy atom. The van der Waals surface area contributed by atoms with Crippen LogP contribution in [0.3, 0.4) is 0 Å². The van der Waals surface area contributed by atoms with Crippen LogP contribution in [-0.2, 0) is 4.79 Å². The molecular weight excluding hydrogens is 278 g/mol. The van der Waals surface area contributed by atoms with E-state index in [9.17, 15) is 4.79 Å². The Bertz CT molecular complexity index is 489. The largest absolute Gasteiger partial charge is 0.489 e. The van der Waals surface area contributed by atoms with Crippen LogP contribution in [0, 0.1) is 0 Å². The fourth-order valence-electron chi connectivity index (χ4n) is 3.13. The summed E-state index contributed by atoms with van der Waals surface area (Å²) in [5.74, 6) is 1.12. The number of rotatable bonds is 3. The Labute approximate surface area is 132 Å². The van der Waals surface area contributed by atoms with Gasteiger partial charge in [-0.05, 0) is 43.7 Å². The molecule has 2 heterocycles. The second-order valence-electron chi connectivity index (χ2n) is 6.07. The van der Waals surface area contributed by atoms with Crippen LogP contribution < -0.4 is 15.0 Å². The van der Waals surface area contributed by atoms with Gasteiger partial charge in [0.15, 0.2) is 0 Å². The van der Waals surface area contributed by atoms with Gasteiger partial charge in [-0.2, -0.15) is 0 Å². The zero-order valence-electron chi connectivity index (χ0n) is 13.3. The first kappa shape index (κ1) is 15.2. The monoisotopic (exact) mass is 303 g/mol. The molecule has 2 aliphatic heterocycles. The third kappa shape index (κ3) is 3.71. The molecule has 0 saturated carbocycles. The molecule has 22 heavy (non-hydrogen) atoms. The highest BCUT2D eigenvalue weighted by molar-refractivity contribution is 5.73. The first-order valence-corrected chi connectivity index (χ1v) is 8.20. The van der Waals surface area contributed by atoms with Crippen molar-refractivity contribution in [1.82, 2.24) is 10.2 Å². The van der Waals surface area contributed by atoms with E-state index in [1.807, 2.05) is 4.90 Å². The van der Waals surface area contributed by atoms with Gasteiger partial charge < -0.3 is 19.9 Å². The van der Waals surface area contributed by atoms with E-state index in [2.05, 4.69) is 34.5 Å². The topological polar surface area (TPSA) is 44.8 Å². The highest BCUT2D eigenvalue weighted by Crippen LogP contribution is 2.22. The summed E-state index contributed by atoms with van der Waals surface area (Å²) in [5, 5.41) is 3.37. The molecule has 1 aromatic carbocycles. The molecule has 1 N–H and O–H groups in total. The molecule has 0 unspecified atom stereocenters. The number of nitrogens with zero attached hydrogens (tertiary/aromatic N) is 2. The van der Waals surface area contributed by atoms with E-state index in [0.29, 0.717) is 6.10 Å². The molecule has 1 amide bonds. The minimum absolute atomic E-state index is 0.171. The molecule has 0 aliphatic carbocycles. The standard InChI is InChI=1S/C17H25N3O2/c1-14(21)19-9-11-20(12-10-19)15-4-6-16(7-5-15)22-17-3-2-8-18-13-17/h4-7,17-18H,2-3,8-13H2,1H3/t17-/m1/s1. The third-order valence-electron chi connectivity index (χ3n) is 4.48. The number of anilines is 1. The fourth-order valence-corrected chi connectivity index (χ4v) is 3.13. The summed E-state index contributed by atoms with van der Waals surface area (Å²) in [5.41, 5.74) is 1.21. The van der Waals surface area contributed by atoms with E-state index in [-0.39, 0.29) is 5.91 Å². The quantitative estimate of drug-likeness (QED) is 0.919. The van der Waals surface area contributed by atoms with Gasteiger partial charge in [-0.15, -0.1) is 0 Å². The number of hydrogen-bond donors (Lipinski definition) is 1. The molecule has 0 bridgehead atoms. The summed E-state index contributed by atoms with van der Waals surface area (Å²) in [6.07, 6.45) is 2.60. The van der Waals surface area contributed by atoms with Gasteiger partial charge in [-0.25, -0.2) is 0 Å². The van der Waals surface area contributed by atoms with Gasteiger partial charge in [0, 0.05) is 45.3 Å². The van der Waals surface area contributed by atoms with Crippen molar-refractivity contribution in [2.24, 2.45) is 0 Å². The van der Waals surface area contributed by atoms with Gasteiger partial charge in [0.25, 0.3) is 0 Å². The Balaban J connectivity index is 1.54. The number of carbonyl (C=O) groups excluding carboxylic acids is 1. The average molecular weight is 303 g/mol. The Morgan fingerprint density at radius 3 is 2.50 bits per heavy atom. The maximum absolute atomic E-state index is 11.4. The molecular formula is C17H25N3O2. The van der Waals surface area contributed by atoms with E-state index in [1.54, 1.807) is 6.92 Å². The maximum Gasteiger partial charge on any atom is 0.219 e. The van der Waals surface area contributed by atoms with Crippen LogP contribution in [0.15, 0.2) is 24.3 Å². The van der Waals surface area contributed by atoms with Crippen molar-refractivity contribution in [3.63, 3.8) is 0 Å². The minimum atomic E-state index is 0.171. The van der Waals surface area contributed by atoms with Gasteiger partial charge in [-0.1, -0.05) is 0 Å². The van der Waals surface area contributed by atoms with Gasteiger partial charge in [0.2, 0.25) is 5.91 Å². The molecule has 120 valence electrons. The second-order valence-corrected chi connectivity index (χ2v) is 6.07. The Morgan fingerprint density at radius 1 is 1.18 bits per heavy atom. The van der Waals surface area contributed by atoms with E-state index in [1.165, 1.54) is 12.1 Å². The van der Waals surface area contributed by atoms with Crippen LogP contribution in [0.5, 0.6) is 5.75 Å². The van der Waals surface area contributed by atoms with Crippen molar-refractivity contribution in [1.29, 1.82) is 0 Å².